The van der Waals surface area contributed by atoms with E-state index < -0.39 is 11.9 Å². The van der Waals surface area contributed by atoms with Crippen molar-refractivity contribution in [3.8, 4) is 28.2 Å². The largest absolute Gasteiger partial charge is 0.508 e. The third kappa shape index (κ3) is 4.30. The number of amides is 1. The quantitative estimate of drug-likeness (QED) is 0.190. The van der Waals surface area contributed by atoms with Gasteiger partial charge < -0.3 is 14.6 Å². The zero-order chi connectivity index (χ0) is 25.2. The van der Waals surface area contributed by atoms with Crippen LogP contribution in [0.5, 0.6) is 5.75 Å². The first-order valence-electron chi connectivity index (χ1n) is 10.9. The number of phenols is 1. The van der Waals surface area contributed by atoms with Gasteiger partial charge in [-0.3, -0.25) is 9.59 Å². The lowest BCUT2D eigenvalue weighted by Crippen LogP contribution is -2.18. The number of benzene rings is 4. The van der Waals surface area contributed by atoms with Crippen molar-refractivity contribution in [3.05, 3.63) is 112 Å². The van der Waals surface area contributed by atoms with E-state index in [0.717, 1.165) is 5.56 Å². The normalized spacial score (nSPS) is 11.2. The lowest BCUT2D eigenvalue weighted by molar-refractivity contribution is 0.0697. The van der Waals surface area contributed by atoms with Gasteiger partial charge in [0, 0.05) is 34.2 Å². The fourth-order valence-electron chi connectivity index (χ4n) is 4.00. The molecule has 3 aromatic rings. The van der Waals surface area contributed by atoms with Crippen LogP contribution in [0.2, 0.25) is 0 Å². The highest BCUT2D eigenvalue weighted by atomic mass is 16.4. The van der Waals surface area contributed by atoms with E-state index in [9.17, 15) is 24.6 Å². The van der Waals surface area contributed by atoms with Crippen molar-refractivity contribution in [2.75, 3.05) is 0 Å². The first-order valence-corrected chi connectivity index (χ1v) is 10.9. The average molecular weight is 478 g/mol. The Hall–Kier alpha value is -5.24. The lowest BCUT2D eigenvalue weighted by atomic mass is 9.90. The molecule has 2 aliphatic rings. The van der Waals surface area contributed by atoms with Crippen LogP contribution >= 0.6 is 0 Å². The van der Waals surface area contributed by atoms with Crippen LogP contribution in [0.3, 0.4) is 0 Å². The number of carbonyl (C=O) groups excluding carboxylic acids is 1. The second-order valence-corrected chi connectivity index (χ2v) is 7.99. The number of hydrogen-bond acceptors (Lipinski definition) is 6. The Balaban J connectivity index is 1.61. The molecule has 0 saturated heterocycles. The van der Waals surface area contributed by atoms with Gasteiger partial charge in [0.25, 0.3) is 5.91 Å². The average Bonchev–Trinajstić information content (AvgIpc) is 2.87. The number of carboxylic acid groups (broad SMARTS) is 1. The van der Waals surface area contributed by atoms with Crippen LogP contribution < -0.4 is 10.9 Å². The van der Waals surface area contributed by atoms with E-state index in [1.807, 2.05) is 30.3 Å². The fourth-order valence-corrected chi connectivity index (χ4v) is 4.00. The summed E-state index contributed by atoms with van der Waals surface area (Å²) in [7, 11) is 0. The van der Waals surface area contributed by atoms with Crippen LogP contribution in [0.25, 0.3) is 33.4 Å². The molecule has 0 radical (unpaired) electrons. The number of hydrazone groups is 1. The van der Waals surface area contributed by atoms with Gasteiger partial charge in [0.15, 0.2) is 5.43 Å². The smallest absolute Gasteiger partial charge is 0.336 e. The molecule has 5 rings (SSSR count). The number of rotatable bonds is 5. The molecule has 36 heavy (non-hydrogen) atoms. The Kier molecular flexibility index (Phi) is 5.75. The summed E-state index contributed by atoms with van der Waals surface area (Å²) >= 11 is 0. The van der Waals surface area contributed by atoms with Gasteiger partial charge >= 0.3 is 5.97 Å². The molecule has 1 aliphatic carbocycles. The summed E-state index contributed by atoms with van der Waals surface area (Å²) in [6.45, 7) is 0. The number of aromatic hydroxyl groups is 1. The highest BCUT2D eigenvalue weighted by molar-refractivity contribution is 6.09. The zero-order valence-electron chi connectivity index (χ0n) is 18.6. The number of hydrogen-bond donors (Lipinski definition) is 3. The van der Waals surface area contributed by atoms with Crippen molar-refractivity contribution in [1.29, 1.82) is 0 Å². The monoisotopic (exact) mass is 478 g/mol. The van der Waals surface area contributed by atoms with E-state index in [1.54, 1.807) is 12.1 Å². The summed E-state index contributed by atoms with van der Waals surface area (Å²) < 4.78 is 5.83. The highest BCUT2D eigenvalue weighted by Crippen LogP contribution is 2.42. The number of phenolic OH excluding ortho intramolecular Hbond substituents is 1. The molecular weight excluding hydrogens is 460 g/mol. The molecule has 0 atom stereocenters. The second kappa shape index (κ2) is 9.19. The maximum Gasteiger partial charge on any atom is 0.336 e. The van der Waals surface area contributed by atoms with Crippen molar-refractivity contribution in [2.45, 2.75) is 0 Å². The van der Waals surface area contributed by atoms with Crippen LogP contribution in [-0.2, 0) is 0 Å². The lowest BCUT2D eigenvalue weighted by Gasteiger charge is -2.17. The van der Waals surface area contributed by atoms with Crippen LogP contribution in [0.4, 0.5) is 0 Å². The summed E-state index contributed by atoms with van der Waals surface area (Å²) in [5.74, 6) is -1.62. The minimum absolute atomic E-state index is 0.0450. The highest BCUT2D eigenvalue weighted by Gasteiger charge is 2.23. The van der Waals surface area contributed by atoms with Crippen LogP contribution in [-0.4, -0.2) is 28.3 Å². The second-order valence-electron chi connectivity index (χ2n) is 7.99. The van der Waals surface area contributed by atoms with E-state index in [0.29, 0.717) is 22.1 Å². The number of carboxylic acids is 1. The van der Waals surface area contributed by atoms with Gasteiger partial charge in [-0.1, -0.05) is 36.4 Å². The van der Waals surface area contributed by atoms with Gasteiger partial charge in [0.05, 0.1) is 11.8 Å². The molecule has 176 valence electrons. The first-order chi connectivity index (χ1) is 17.4. The molecule has 1 aliphatic heterocycles. The Morgan fingerprint density at radius 3 is 2.44 bits per heavy atom. The summed E-state index contributed by atoms with van der Waals surface area (Å²) in [6, 6.07) is 22.2. The molecule has 1 heterocycles. The Labute approximate surface area is 204 Å². The van der Waals surface area contributed by atoms with Crippen LogP contribution in [0.15, 0.2) is 99.2 Å². The fraction of sp³-hybridized carbons (Fsp3) is 0. The van der Waals surface area contributed by atoms with Crippen molar-refractivity contribution in [1.82, 2.24) is 5.43 Å². The number of fused-ring (bicyclic) bond motifs is 2. The Bertz CT molecular complexity index is 1690. The third-order valence-corrected chi connectivity index (χ3v) is 5.64. The van der Waals surface area contributed by atoms with E-state index in [1.165, 1.54) is 48.7 Å². The topological polar surface area (TPSA) is 129 Å². The van der Waals surface area contributed by atoms with E-state index in [-0.39, 0.29) is 33.6 Å². The third-order valence-electron chi connectivity index (χ3n) is 5.64. The SMILES string of the molecule is O=C(N/N=C/c1ccccc1)c1ccc(-c2c3ccc(=O)cc-3oc3cc(O)ccc23)c(C(=O)O)c1. The Morgan fingerprint density at radius 2 is 1.67 bits per heavy atom. The van der Waals surface area contributed by atoms with E-state index >= 15 is 0 Å². The first kappa shape index (κ1) is 22.5. The van der Waals surface area contributed by atoms with Gasteiger partial charge in [-0.15, -0.1) is 0 Å². The molecule has 8 heteroatoms. The molecule has 0 spiro atoms. The standard InChI is InChI=1S/C28H18N2O6/c31-18-7-10-21-24(13-18)36-25-14-19(32)8-11-22(25)26(21)20-9-6-17(12-23(20)28(34)35)27(33)30-29-15-16-4-2-1-3-5-16/h1-15,31H,(H,30,33)(H,34,35)/b29-15+. The summed E-state index contributed by atoms with van der Waals surface area (Å²) in [6.07, 6.45) is 1.48. The van der Waals surface area contributed by atoms with Gasteiger partial charge in [0.1, 0.15) is 17.1 Å². The summed E-state index contributed by atoms with van der Waals surface area (Å²) in [5.41, 5.74) is 4.51. The minimum atomic E-state index is -1.24. The van der Waals surface area contributed by atoms with Gasteiger partial charge in [-0.05, 0) is 47.5 Å². The van der Waals surface area contributed by atoms with Crippen molar-refractivity contribution in [3.63, 3.8) is 0 Å². The van der Waals surface area contributed by atoms with Gasteiger partial charge in [0.2, 0.25) is 0 Å². The number of carbonyl (C=O) groups is 2. The number of aromatic carboxylic acids is 1. The summed E-state index contributed by atoms with van der Waals surface area (Å²) in [5, 5.41) is 24.4. The predicted octanol–water partition coefficient (Wildman–Crippen LogP) is 4.73. The van der Waals surface area contributed by atoms with Crippen molar-refractivity contribution in [2.24, 2.45) is 5.10 Å². The molecule has 0 saturated carbocycles. The Morgan fingerprint density at radius 1 is 0.889 bits per heavy atom. The van der Waals surface area contributed by atoms with Crippen molar-refractivity contribution < 1.29 is 24.2 Å². The van der Waals surface area contributed by atoms with E-state index in [4.69, 9.17) is 4.42 Å². The molecule has 0 bridgehead atoms. The van der Waals surface area contributed by atoms with Crippen LogP contribution in [0.1, 0.15) is 26.3 Å². The zero-order valence-corrected chi connectivity index (χ0v) is 18.6. The molecule has 8 nitrogen and oxygen atoms in total. The molecule has 3 aromatic carbocycles. The predicted molar refractivity (Wildman–Crippen MR) is 135 cm³/mol. The maximum atomic E-state index is 12.7. The number of nitrogens with zero attached hydrogens (tertiary/aromatic N) is 1. The molecule has 0 fully saturated rings. The van der Waals surface area contributed by atoms with Crippen LogP contribution in [0, 0.1) is 0 Å². The molecule has 0 unspecified atom stereocenters. The number of nitrogens with one attached hydrogen (secondary N) is 1. The van der Waals surface area contributed by atoms with Gasteiger partial charge in [-0.2, -0.15) is 5.10 Å². The maximum absolute atomic E-state index is 12.7. The van der Waals surface area contributed by atoms with E-state index in [2.05, 4.69) is 10.5 Å². The van der Waals surface area contributed by atoms with Gasteiger partial charge in [-0.25, -0.2) is 10.2 Å². The summed E-state index contributed by atoms with van der Waals surface area (Å²) in [4.78, 5) is 36.9. The van der Waals surface area contributed by atoms with Crippen molar-refractivity contribution >= 4 is 29.1 Å². The minimum Gasteiger partial charge on any atom is -0.508 e. The molecule has 0 aromatic heterocycles. The molecular formula is C28H18N2O6. The molecule has 1 amide bonds. The molecule has 3 N–H and O–H groups in total.